The summed E-state index contributed by atoms with van der Waals surface area (Å²) in [4.78, 5) is 44.5. The fourth-order valence-corrected chi connectivity index (χ4v) is 4.21. The highest BCUT2D eigenvalue weighted by atomic mass is 16.5. The van der Waals surface area contributed by atoms with Crippen molar-refractivity contribution >= 4 is 22.9 Å². The average molecular weight is 470 g/mol. The Hall–Kier alpha value is -4.06. The molecule has 1 unspecified atom stereocenters. The summed E-state index contributed by atoms with van der Waals surface area (Å²) in [7, 11) is 0. The maximum Gasteiger partial charge on any atom is 0.359 e. The molecule has 4 aromatic rings. The van der Waals surface area contributed by atoms with E-state index >= 15 is 0 Å². The van der Waals surface area contributed by atoms with Crippen molar-refractivity contribution in [2.75, 3.05) is 0 Å². The molecule has 1 atom stereocenters. The predicted octanol–water partition coefficient (Wildman–Crippen LogP) is 5.56. The molecule has 4 rings (SSSR count). The number of ketones is 1. The van der Waals surface area contributed by atoms with E-state index in [1.165, 1.54) is 0 Å². The van der Waals surface area contributed by atoms with Gasteiger partial charge in [-0.15, -0.1) is 0 Å². The molecule has 0 radical (unpaired) electrons. The van der Waals surface area contributed by atoms with Crippen molar-refractivity contribution in [3.63, 3.8) is 0 Å². The average Bonchev–Trinajstić information content (AvgIpc) is 2.82. The molecular formula is C29H27NO5. The number of Topliss-reactive ketones (excluding diaryl/α,β-unsaturated/α-hetero) is 1. The first-order chi connectivity index (χ1) is 16.7. The Balaban J connectivity index is 1.84. The molecular weight excluding hydrogens is 442 g/mol. The van der Waals surface area contributed by atoms with Crippen LogP contribution in [-0.4, -0.2) is 16.7 Å². The number of carbonyl (C=O) groups is 2. The number of nitrogens with zero attached hydrogens (tertiary/aromatic N) is 1. The third kappa shape index (κ3) is 4.92. The fraction of sp³-hybridized carbons (Fsp3) is 0.241. The van der Waals surface area contributed by atoms with Crippen LogP contribution in [0.15, 0.2) is 63.8 Å². The highest BCUT2D eigenvalue weighted by Gasteiger charge is 2.36. The standard InChI is InChI=1S/C29H27NO5/c1-6-20-8-10-21(11-9-20)26(31)24(28(32)35-27-18(4)13-17(3)14-19(27)5)25-29(33)34-23-12-7-16(2)15-22(23)30-25/h7-15,24H,6H2,1-5H3. The second kappa shape index (κ2) is 9.66. The van der Waals surface area contributed by atoms with Crippen LogP contribution in [0.4, 0.5) is 0 Å². The van der Waals surface area contributed by atoms with Crippen LogP contribution in [-0.2, 0) is 11.2 Å². The van der Waals surface area contributed by atoms with Gasteiger partial charge in [0.05, 0.1) is 0 Å². The van der Waals surface area contributed by atoms with Crippen LogP contribution < -0.4 is 10.4 Å². The van der Waals surface area contributed by atoms with E-state index < -0.39 is 23.3 Å². The largest absolute Gasteiger partial charge is 0.425 e. The Morgan fingerprint density at radius 2 is 1.57 bits per heavy atom. The van der Waals surface area contributed by atoms with Crippen molar-refractivity contribution in [2.24, 2.45) is 0 Å². The lowest BCUT2D eigenvalue weighted by molar-refractivity contribution is -0.135. The molecule has 0 spiro atoms. The third-order valence-electron chi connectivity index (χ3n) is 5.99. The molecule has 3 aromatic carbocycles. The Morgan fingerprint density at radius 1 is 0.914 bits per heavy atom. The van der Waals surface area contributed by atoms with Crippen molar-refractivity contribution in [1.29, 1.82) is 0 Å². The summed E-state index contributed by atoms with van der Waals surface area (Å²) in [5.41, 5.74) is 4.28. The van der Waals surface area contributed by atoms with Crippen molar-refractivity contribution < 1.29 is 18.7 Å². The summed E-state index contributed by atoms with van der Waals surface area (Å²) in [6.45, 7) is 9.49. The van der Waals surface area contributed by atoms with Gasteiger partial charge in [-0.3, -0.25) is 9.59 Å². The molecule has 0 bridgehead atoms. The lowest BCUT2D eigenvalue weighted by Crippen LogP contribution is -2.32. The van der Waals surface area contributed by atoms with Gasteiger partial charge in [0.15, 0.2) is 17.3 Å². The van der Waals surface area contributed by atoms with Crippen LogP contribution in [0.3, 0.4) is 0 Å². The first-order valence-corrected chi connectivity index (χ1v) is 11.5. The van der Waals surface area contributed by atoms with Crippen LogP contribution in [0, 0.1) is 27.7 Å². The zero-order valence-corrected chi connectivity index (χ0v) is 20.5. The number of ether oxygens (including phenoxy) is 1. The minimum Gasteiger partial charge on any atom is -0.425 e. The Labute approximate surface area is 203 Å². The van der Waals surface area contributed by atoms with Crippen molar-refractivity contribution in [3.8, 4) is 5.75 Å². The molecule has 0 aliphatic rings. The van der Waals surface area contributed by atoms with Crippen molar-refractivity contribution in [2.45, 2.75) is 47.0 Å². The second-order valence-corrected chi connectivity index (χ2v) is 8.85. The Bertz CT molecular complexity index is 1480. The van der Waals surface area contributed by atoms with Crippen molar-refractivity contribution in [1.82, 2.24) is 4.98 Å². The van der Waals surface area contributed by atoms with Gasteiger partial charge in [0.1, 0.15) is 17.0 Å². The summed E-state index contributed by atoms with van der Waals surface area (Å²) < 4.78 is 11.2. The maximum atomic E-state index is 13.6. The quantitative estimate of drug-likeness (QED) is 0.159. The lowest BCUT2D eigenvalue weighted by atomic mass is 9.93. The number of hydrogen-bond acceptors (Lipinski definition) is 6. The van der Waals surface area contributed by atoms with E-state index in [1.54, 1.807) is 30.3 Å². The first-order valence-electron chi connectivity index (χ1n) is 11.5. The van der Waals surface area contributed by atoms with Gasteiger partial charge >= 0.3 is 11.6 Å². The molecule has 6 heteroatoms. The van der Waals surface area contributed by atoms with E-state index in [0.717, 1.165) is 34.2 Å². The molecule has 0 aliphatic carbocycles. The Kier molecular flexibility index (Phi) is 6.65. The van der Waals surface area contributed by atoms with E-state index in [4.69, 9.17) is 9.15 Å². The van der Waals surface area contributed by atoms with E-state index in [2.05, 4.69) is 4.98 Å². The molecule has 1 aromatic heterocycles. The molecule has 0 fully saturated rings. The van der Waals surface area contributed by atoms with E-state index in [1.807, 2.05) is 58.9 Å². The van der Waals surface area contributed by atoms with Crippen LogP contribution >= 0.6 is 0 Å². The minimum absolute atomic E-state index is 0.279. The smallest absolute Gasteiger partial charge is 0.359 e. The topological polar surface area (TPSA) is 86.5 Å². The van der Waals surface area contributed by atoms with Gasteiger partial charge in [-0.25, -0.2) is 9.78 Å². The second-order valence-electron chi connectivity index (χ2n) is 8.85. The van der Waals surface area contributed by atoms with Gasteiger partial charge in [0, 0.05) is 5.56 Å². The number of hydrogen-bond donors (Lipinski definition) is 0. The molecule has 178 valence electrons. The third-order valence-corrected chi connectivity index (χ3v) is 5.99. The predicted molar refractivity (Wildman–Crippen MR) is 134 cm³/mol. The summed E-state index contributed by atoms with van der Waals surface area (Å²) in [6.07, 6.45) is 0.807. The maximum absolute atomic E-state index is 13.6. The number of fused-ring (bicyclic) bond motifs is 1. The van der Waals surface area contributed by atoms with Gasteiger partial charge in [0.25, 0.3) is 0 Å². The summed E-state index contributed by atoms with van der Waals surface area (Å²) >= 11 is 0. The highest BCUT2D eigenvalue weighted by molar-refractivity contribution is 6.13. The van der Waals surface area contributed by atoms with Crippen LogP contribution in [0.1, 0.15) is 56.7 Å². The number of rotatable bonds is 6. The van der Waals surface area contributed by atoms with Crippen LogP contribution in [0.2, 0.25) is 0 Å². The van der Waals surface area contributed by atoms with Crippen molar-refractivity contribution in [3.05, 3.63) is 104 Å². The molecule has 1 heterocycles. The van der Waals surface area contributed by atoms with E-state index in [-0.39, 0.29) is 16.8 Å². The molecule has 0 amide bonds. The zero-order valence-electron chi connectivity index (χ0n) is 20.5. The van der Waals surface area contributed by atoms with Crippen LogP contribution in [0.5, 0.6) is 5.75 Å². The van der Waals surface area contributed by atoms with E-state index in [0.29, 0.717) is 11.3 Å². The fourth-order valence-electron chi connectivity index (χ4n) is 4.21. The number of aromatic nitrogens is 1. The van der Waals surface area contributed by atoms with Gasteiger partial charge in [-0.05, 0) is 68.5 Å². The number of benzene rings is 3. The number of esters is 1. The van der Waals surface area contributed by atoms with Gasteiger partial charge < -0.3 is 9.15 Å². The SMILES string of the molecule is CCc1ccc(C(=O)C(C(=O)Oc2c(C)cc(C)cc2C)c2nc3cc(C)ccc3oc2=O)cc1. The first kappa shape index (κ1) is 24.1. The molecule has 35 heavy (non-hydrogen) atoms. The minimum atomic E-state index is -1.58. The zero-order chi connectivity index (χ0) is 25.3. The molecule has 6 nitrogen and oxygen atoms in total. The molecule has 0 saturated heterocycles. The summed E-state index contributed by atoms with van der Waals surface area (Å²) in [5, 5.41) is 0. The van der Waals surface area contributed by atoms with Gasteiger partial charge in [-0.1, -0.05) is 55.0 Å². The normalized spacial score (nSPS) is 11.9. The summed E-state index contributed by atoms with van der Waals surface area (Å²) in [5.74, 6) is -2.67. The molecule has 0 aliphatic heterocycles. The summed E-state index contributed by atoms with van der Waals surface area (Å²) in [6, 6.07) is 15.9. The lowest BCUT2D eigenvalue weighted by Gasteiger charge is -2.17. The van der Waals surface area contributed by atoms with Gasteiger partial charge in [0.2, 0.25) is 0 Å². The van der Waals surface area contributed by atoms with Gasteiger partial charge in [-0.2, -0.15) is 0 Å². The van der Waals surface area contributed by atoms with Crippen LogP contribution in [0.25, 0.3) is 11.1 Å². The molecule has 0 N–H and O–H groups in total. The monoisotopic (exact) mass is 469 g/mol. The number of aryl methyl sites for hydroxylation is 5. The van der Waals surface area contributed by atoms with E-state index in [9.17, 15) is 14.4 Å². The number of carbonyl (C=O) groups excluding carboxylic acids is 2. The highest BCUT2D eigenvalue weighted by Crippen LogP contribution is 2.28. The Morgan fingerprint density at radius 3 is 2.20 bits per heavy atom. The molecule has 0 saturated carbocycles.